The van der Waals surface area contributed by atoms with Crippen molar-refractivity contribution in [1.29, 1.82) is 0 Å². The van der Waals surface area contributed by atoms with E-state index in [0.717, 1.165) is 5.56 Å². The predicted molar refractivity (Wildman–Crippen MR) is 107 cm³/mol. The van der Waals surface area contributed by atoms with E-state index in [1.807, 2.05) is 25.1 Å². The number of amides is 1. The van der Waals surface area contributed by atoms with E-state index in [1.165, 1.54) is 0 Å². The van der Waals surface area contributed by atoms with Gasteiger partial charge in [-0.15, -0.1) is 0 Å². The van der Waals surface area contributed by atoms with Crippen LogP contribution < -0.4 is 14.2 Å². The fourth-order valence-corrected chi connectivity index (χ4v) is 2.90. The molecule has 0 N–H and O–H groups in total. The van der Waals surface area contributed by atoms with Crippen molar-refractivity contribution in [3.63, 3.8) is 0 Å². The summed E-state index contributed by atoms with van der Waals surface area (Å²) in [5.41, 5.74) is 1.22. The number of carbonyl (C=O) groups excluding carboxylic acids is 3. The standard InChI is InChI=1S/C22H23NO7/c1-2-23(12-16-7-8-19-20(11-16)28-10-9-27-19)21(25)14-30-22(26)15-29-18-6-4-3-5-17(18)13-24/h3-8,11,13H,2,9-10,12,14-15H2,1H3. The number of hydrogen-bond donors (Lipinski definition) is 0. The molecule has 0 saturated heterocycles. The third-order valence-corrected chi connectivity index (χ3v) is 4.46. The molecule has 0 radical (unpaired) electrons. The fraction of sp³-hybridized carbons (Fsp3) is 0.318. The smallest absolute Gasteiger partial charge is 0.344 e. The number of fused-ring (bicyclic) bond motifs is 1. The zero-order valence-corrected chi connectivity index (χ0v) is 16.7. The molecule has 1 aliphatic heterocycles. The summed E-state index contributed by atoms with van der Waals surface area (Å²) in [5.74, 6) is 0.601. The van der Waals surface area contributed by atoms with Crippen LogP contribution >= 0.6 is 0 Å². The largest absolute Gasteiger partial charge is 0.486 e. The van der Waals surface area contributed by atoms with Gasteiger partial charge >= 0.3 is 5.97 Å². The molecule has 0 aromatic heterocycles. The molecule has 1 aliphatic rings. The Kier molecular flexibility index (Phi) is 7.26. The van der Waals surface area contributed by atoms with Crippen LogP contribution in [0, 0.1) is 0 Å². The van der Waals surface area contributed by atoms with Gasteiger partial charge in [-0.25, -0.2) is 4.79 Å². The number of carbonyl (C=O) groups is 3. The lowest BCUT2D eigenvalue weighted by Gasteiger charge is -2.23. The van der Waals surface area contributed by atoms with E-state index in [4.69, 9.17) is 18.9 Å². The van der Waals surface area contributed by atoms with Crippen LogP contribution in [0.1, 0.15) is 22.8 Å². The highest BCUT2D eigenvalue weighted by molar-refractivity contribution is 5.82. The lowest BCUT2D eigenvalue weighted by Crippen LogP contribution is -2.34. The second-order valence-corrected chi connectivity index (χ2v) is 6.49. The molecule has 8 nitrogen and oxygen atoms in total. The quantitative estimate of drug-likeness (QED) is 0.460. The molecule has 0 unspecified atom stereocenters. The van der Waals surface area contributed by atoms with Crippen molar-refractivity contribution in [3.05, 3.63) is 53.6 Å². The minimum Gasteiger partial charge on any atom is -0.486 e. The maximum Gasteiger partial charge on any atom is 0.344 e. The molecule has 0 spiro atoms. The lowest BCUT2D eigenvalue weighted by molar-refractivity contribution is -0.153. The monoisotopic (exact) mass is 413 g/mol. The molecule has 0 fully saturated rings. The van der Waals surface area contributed by atoms with Crippen LogP contribution in [0.3, 0.4) is 0 Å². The minimum atomic E-state index is -0.695. The highest BCUT2D eigenvalue weighted by atomic mass is 16.6. The summed E-state index contributed by atoms with van der Waals surface area (Å²) in [4.78, 5) is 36.9. The lowest BCUT2D eigenvalue weighted by atomic mass is 10.2. The van der Waals surface area contributed by atoms with Gasteiger partial charge in [0.2, 0.25) is 0 Å². The first-order chi connectivity index (χ1) is 14.6. The second kappa shape index (κ2) is 10.3. The van der Waals surface area contributed by atoms with Crippen LogP contribution in [-0.2, 0) is 20.9 Å². The zero-order valence-electron chi connectivity index (χ0n) is 16.7. The predicted octanol–water partition coefficient (Wildman–Crippen LogP) is 2.24. The normalized spacial score (nSPS) is 12.0. The molecule has 0 saturated carbocycles. The van der Waals surface area contributed by atoms with Gasteiger partial charge in [0, 0.05) is 13.1 Å². The average Bonchev–Trinajstić information content (AvgIpc) is 2.79. The van der Waals surface area contributed by atoms with Crippen molar-refractivity contribution in [2.45, 2.75) is 13.5 Å². The topological polar surface area (TPSA) is 91.4 Å². The summed E-state index contributed by atoms with van der Waals surface area (Å²) >= 11 is 0. The van der Waals surface area contributed by atoms with E-state index >= 15 is 0 Å². The Morgan fingerprint density at radius 1 is 1.07 bits per heavy atom. The Morgan fingerprint density at radius 2 is 1.83 bits per heavy atom. The molecule has 2 aromatic carbocycles. The summed E-state index contributed by atoms with van der Waals surface area (Å²) in [6.07, 6.45) is 0.640. The average molecular weight is 413 g/mol. The molecule has 0 atom stereocenters. The number of hydrogen-bond acceptors (Lipinski definition) is 7. The van der Waals surface area contributed by atoms with Gasteiger partial charge in [-0.1, -0.05) is 18.2 Å². The van der Waals surface area contributed by atoms with Gasteiger partial charge in [-0.3, -0.25) is 9.59 Å². The van der Waals surface area contributed by atoms with Gasteiger partial charge in [0.1, 0.15) is 19.0 Å². The Labute approximate surface area is 174 Å². The Balaban J connectivity index is 1.49. The van der Waals surface area contributed by atoms with Gasteiger partial charge in [0.05, 0.1) is 5.56 Å². The number of nitrogens with zero attached hydrogens (tertiary/aromatic N) is 1. The van der Waals surface area contributed by atoms with E-state index in [2.05, 4.69) is 0 Å². The molecule has 0 aliphatic carbocycles. The number of rotatable bonds is 9. The van der Waals surface area contributed by atoms with Crippen molar-refractivity contribution in [2.75, 3.05) is 33.0 Å². The molecule has 1 heterocycles. The van der Waals surface area contributed by atoms with Crippen LogP contribution in [0.15, 0.2) is 42.5 Å². The number of benzene rings is 2. The molecular formula is C22H23NO7. The summed E-state index contributed by atoms with van der Waals surface area (Å²) in [5, 5.41) is 0. The first-order valence-electron chi connectivity index (χ1n) is 9.59. The first kappa shape index (κ1) is 21.2. The van der Waals surface area contributed by atoms with Gasteiger partial charge in [-0.05, 0) is 36.8 Å². The first-order valence-corrected chi connectivity index (χ1v) is 9.59. The van der Waals surface area contributed by atoms with Crippen molar-refractivity contribution in [1.82, 2.24) is 4.90 Å². The molecule has 8 heteroatoms. The number of aldehydes is 1. The summed E-state index contributed by atoms with van der Waals surface area (Å²) in [6, 6.07) is 12.1. The van der Waals surface area contributed by atoms with E-state index in [0.29, 0.717) is 49.7 Å². The Bertz CT molecular complexity index is 912. The second-order valence-electron chi connectivity index (χ2n) is 6.49. The molecule has 3 rings (SSSR count). The van der Waals surface area contributed by atoms with Gasteiger partial charge in [0.25, 0.3) is 5.91 Å². The highest BCUT2D eigenvalue weighted by Crippen LogP contribution is 2.31. The van der Waals surface area contributed by atoms with Gasteiger partial charge < -0.3 is 23.8 Å². The molecule has 30 heavy (non-hydrogen) atoms. The SMILES string of the molecule is CCN(Cc1ccc2c(c1)OCCO2)C(=O)COC(=O)COc1ccccc1C=O. The third-order valence-electron chi connectivity index (χ3n) is 4.46. The van der Waals surface area contributed by atoms with Crippen LogP contribution in [0.5, 0.6) is 17.2 Å². The molecule has 0 bridgehead atoms. The van der Waals surface area contributed by atoms with E-state index in [9.17, 15) is 14.4 Å². The van der Waals surface area contributed by atoms with Crippen molar-refractivity contribution in [3.8, 4) is 17.2 Å². The molecule has 1 amide bonds. The number of ether oxygens (including phenoxy) is 4. The molecule has 2 aromatic rings. The van der Waals surface area contributed by atoms with E-state index < -0.39 is 19.2 Å². The Hall–Kier alpha value is -3.55. The third kappa shape index (κ3) is 5.50. The van der Waals surface area contributed by atoms with Crippen LogP contribution in [0.4, 0.5) is 0 Å². The van der Waals surface area contributed by atoms with E-state index in [-0.39, 0.29) is 11.7 Å². The van der Waals surface area contributed by atoms with Gasteiger partial charge in [-0.2, -0.15) is 0 Å². The van der Waals surface area contributed by atoms with Crippen LogP contribution in [0.2, 0.25) is 0 Å². The number of likely N-dealkylation sites (N-methyl/N-ethyl adjacent to an activating group) is 1. The van der Waals surface area contributed by atoms with Crippen LogP contribution in [-0.4, -0.2) is 56.0 Å². The molecule has 158 valence electrons. The Morgan fingerprint density at radius 3 is 2.60 bits per heavy atom. The number of para-hydroxylation sites is 1. The molecular weight excluding hydrogens is 390 g/mol. The summed E-state index contributed by atoms with van der Waals surface area (Å²) < 4.78 is 21.4. The number of esters is 1. The maximum absolute atomic E-state index is 12.5. The maximum atomic E-state index is 12.5. The zero-order chi connectivity index (χ0) is 21.3. The highest BCUT2D eigenvalue weighted by Gasteiger charge is 2.17. The van der Waals surface area contributed by atoms with E-state index in [1.54, 1.807) is 29.2 Å². The van der Waals surface area contributed by atoms with Crippen LogP contribution in [0.25, 0.3) is 0 Å². The van der Waals surface area contributed by atoms with Crippen molar-refractivity contribution < 1.29 is 33.3 Å². The minimum absolute atomic E-state index is 0.282. The van der Waals surface area contributed by atoms with Crippen molar-refractivity contribution >= 4 is 18.2 Å². The van der Waals surface area contributed by atoms with Gasteiger partial charge in [0.15, 0.2) is 31.0 Å². The summed E-state index contributed by atoms with van der Waals surface area (Å²) in [6.45, 7) is 2.87. The van der Waals surface area contributed by atoms with Crippen molar-refractivity contribution in [2.24, 2.45) is 0 Å². The summed E-state index contributed by atoms with van der Waals surface area (Å²) in [7, 11) is 0. The fourth-order valence-electron chi connectivity index (χ4n) is 2.90.